The molecule has 1 aliphatic heterocycles. The number of carbonyl (C=O) groups is 1. The maximum absolute atomic E-state index is 12.8. The number of thioether (sulfide) groups is 1. The third-order valence-electron chi connectivity index (χ3n) is 4.84. The van der Waals surface area contributed by atoms with Crippen LogP contribution in [0.5, 0.6) is 0 Å². The summed E-state index contributed by atoms with van der Waals surface area (Å²) in [6.07, 6.45) is -2.24. The molecular weight excluding hydrogens is 437 g/mol. The third kappa shape index (κ3) is 6.50. The summed E-state index contributed by atoms with van der Waals surface area (Å²) in [6.45, 7) is 4.03. The summed E-state index contributed by atoms with van der Waals surface area (Å²) in [5.74, 6) is 1.14. The number of alkyl halides is 3. The molecule has 3 rings (SSSR count). The van der Waals surface area contributed by atoms with Crippen LogP contribution in [0.3, 0.4) is 0 Å². The van der Waals surface area contributed by atoms with Crippen LogP contribution in [0.15, 0.2) is 35.5 Å². The van der Waals surface area contributed by atoms with E-state index < -0.39 is 11.7 Å². The zero-order valence-corrected chi connectivity index (χ0v) is 17.9. The van der Waals surface area contributed by atoms with E-state index in [4.69, 9.17) is 11.6 Å². The number of amides is 1. The average Bonchev–Trinajstić information content (AvgIpc) is 2.70. The minimum atomic E-state index is -4.41. The van der Waals surface area contributed by atoms with Gasteiger partial charge in [0.15, 0.2) is 5.16 Å². The Balaban J connectivity index is 1.53. The van der Waals surface area contributed by atoms with Crippen LogP contribution in [-0.4, -0.2) is 34.7 Å². The highest BCUT2D eigenvalue weighted by Gasteiger charge is 2.30. The van der Waals surface area contributed by atoms with Crippen molar-refractivity contribution < 1.29 is 18.0 Å². The Morgan fingerprint density at radius 3 is 2.70 bits per heavy atom. The summed E-state index contributed by atoms with van der Waals surface area (Å²) in [4.78, 5) is 22.9. The van der Waals surface area contributed by atoms with Gasteiger partial charge in [-0.25, -0.2) is 9.97 Å². The van der Waals surface area contributed by atoms with E-state index in [9.17, 15) is 18.0 Å². The molecule has 1 aromatic carbocycles. The normalized spacial score (nSPS) is 15.3. The van der Waals surface area contributed by atoms with Crippen LogP contribution in [0, 0.1) is 5.92 Å². The van der Waals surface area contributed by atoms with Crippen LogP contribution in [0.2, 0.25) is 5.15 Å². The van der Waals surface area contributed by atoms with E-state index >= 15 is 0 Å². The summed E-state index contributed by atoms with van der Waals surface area (Å²) < 4.78 is 38.3. The predicted molar refractivity (Wildman–Crippen MR) is 112 cm³/mol. The van der Waals surface area contributed by atoms with Crippen molar-refractivity contribution >= 4 is 35.1 Å². The van der Waals surface area contributed by atoms with E-state index in [0.29, 0.717) is 21.8 Å². The van der Waals surface area contributed by atoms with E-state index in [1.54, 1.807) is 6.07 Å². The predicted octanol–water partition coefficient (Wildman–Crippen LogP) is 4.79. The van der Waals surface area contributed by atoms with Gasteiger partial charge < -0.3 is 10.2 Å². The van der Waals surface area contributed by atoms with Crippen molar-refractivity contribution in [1.29, 1.82) is 0 Å². The molecule has 0 spiro atoms. The Hall–Kier alpha value is -2.00. The second-order valence-corrected chi connectivity index (χ2v) is 8.59. The van der Waals surface area contributed by atoms with Crippen LogP contribution < -0.4 is 10.2 Å². The lowest BCUT2D eigenvalue weighted by Crippen LogP contribution is -2.33. The molecule has 10 heteroatoms. The minimum Gasteiger partial charge on any atom is -0.356 e. The van der Waals surface area contributed by atoms with Crippen LogP contribution in [0.1, 0.15) is 30.9 Å². The topological polar surface area (TPSA) is 58.1 Å². The molecule has 0 bridgehead atoms. The molecule has 1 N–H and O–H groups in total. The molecule has 0 unspecified atom stereocenters. The molecular formula is C20H22ClF3N4OS. The lowest BCUT2D eigenvalue weighted by molar-refractivity contribution is -0.137. The lowest BCUT2D eigenvalue weighted by atomic mass is 9.99. The maximum Gasteiger partial charge on any atom is 0.416 e. The van der Waals surface area contributed by atoms with E-state index in [1.807, 2.05) is 0 Å². The van der Waals surface area contributed by atoms with Crippen molar-refractivity contribution in [3.63, 3.8) is 0 Å². The quantitative estimate of drug-likeness (QED) is 0.383. The number of nitrogens with zero attached hydrogens (tertiary/aromatic N) is 3. The number of aromatic nitrogens is 2. The molecule has 2 heterocycles. The highest BCUT2D eigenvalue weighted by Crippen LogP contribution is 2.29. The Labute approximate surface area is 182 Å². The first-order valence-corrected chi connectivity index (χ1v) is 10.9. The van der Waals surface area contributed by atoms with E-state index in [-0.39, 0.29) is 18.2 Å². The summed E-state index contributed by atoms with van der Waals surface area (Å²) in [5.41, 5.74) is -0.362. The number of piperidine rings is 1. The number of rotatable bonds is 6. The first kappa shape index (κ1) is 22.7. The van der Waals surface area contributed by atoms with Gasteiger partial charge >= 0.3 is 6.18 Å². The standard InChI is InChI=1S/C20H22ClF3N4OS/c1-13-5-7-28(8-6-13)17-10-16(21)26-19(27-17)30-12-18(29)25-11-14-3-2-4-15(9-14)20(22,23)24/h2-4,9-10,13H,5-8,11-12H2,1H3,(H,25,29). The molecule has 30 heavy (non-hydrogen) atoms. The van der Waals surface area contributed by atoms with Crippen molar-refractivity contribution in [2.24, 2.45) is 5.92 Å². The van der Waals surface area contributed by atoms with Gasteiger partial charge in [0.25, 0.3) is 0 Å². The largest absolute Gasteiger partial charge is 0.416 e. The SMILES string of the molecule is CC1CCN(c2cc(Cl)nc(SCC(=O)NCc3cccc(C(F)(F)F)c3)n2)CC1. The van der Waals surface area contributed by atoms with Gasteiger partial charge in [-0.15, -0.1) is 0 Å². The van der Waals surface area contributed by atoms with Crippen molar-refractivity contribution in [2.75, 3.05) is 23.7 Å². The molecule has 2 aromatic rings. The second kappa shape index (κ2) is 9.87. The van der Waals surface area contributed by atoms with Crippen LogP contribution >= 0.6 is 23.4 Å². The third-order valence-corrected chi connectivity index (χ3v) is 5.89. The second-order valence-electron chi connectivity index (χ2n) is 7.26. The van der Waals surface area contributed by atoms with Crippen molar-refractivity contribution in [2.45, 2.75) is 37.6 Å². The number of hydrogen-bond donors (Lipinski definition) is 1. The summed E-state index contributed by atoms with van der Waals surface area (Å²) in [7, 11) is 0. The van der Waals surface area contributed by atoms with Crippen molar-refractivity contribution in [3.05, 3.63) is 46.6 Å². The van der Waals surface area contributed by atoms with Gasteiger partial charge in [0.1, 0.15) is 11.0 Å². The first-order chi connectivity index (χ1) is 14.2. The Kier molecular flexibility index (Phi) is 7.46. The highest BCUT2D eigenvalue weighted by atomic mass is 35.5. The van der Waals surface area contributed by atoms with E-state index in [2.05, 4.69) is 27.1 Å². The molecule has 0 aliphatic carbocycles. The van der Waals surface area contributed by atoms with Crippen molar-refractivity contribution in [1.82, 2.24) is 15.3 Å². The molecule has 162 valence electrons. The fraction of sp³-hybridized carbons (Fsp3) is 0.450. The van der Waals surface area contributed by atoms with Crippen molar-refractivity contribution in [3.8, 4) is 0 Å². The highest BCUT2D eigenvalue weighted by molar-refractivity contribution is 7.99. The Morgan fingerprint density at radius 1 is 1.27 bits per heavy atom. The number of nitrogens with one attached hydrogen (secondary N) is 1. The minimum absolute atomic E-state index is 0.0108. The van der Waals surface area contributed by atoms with Gasteiger partial charge in [-0.1, -0.05) is 42.4 Å². The maximum atomic E-state index is 12.8. The molecule has 0 atom stereocenters. The number of halogens is 4. The molecule has 1 aromatic heterocycles. The fourth-order valence-electron chi connectivity index (χ4n) is 3.09. The zero-order valence-electron chi connectivity index (χ0n) is 16.4. The molecule has 1 amide bonds. The van der Waals surface area contributed by atoms with Gasteiger partial charge in [-0.2, -0.15) is 13.2 Å². The number of benzene rings is 1. The summed E-state index contributed by atoms with van der Waals surface area (Å²) in [6, 6.07) is 6.60. The van der Waals surface area contributed by atoms with Crippen LogP contribution in [0.4, 0.5) is 19.0 Å². The van der Waals surface area contributed by atoms with Gasteiger partial charge in [0.05, 0.1) is 11.3 Å². The first-order valence-electron chi connectivity index (χ1n) is 9.56. The van der Waals surface area contributed by atoms with Gasteiger partial charge in [0.2, 0.25) is 5.91 Å². The van der Waals surface area contributed by atoms with Crippen LogP contribution in [-0.2, 0) is 17.5 Å². The molecule has 5 nitrogen and oxygen atoms in total. The van der Waals surface area contributed by atoms with Crippen LogP contribution in [0.25, 0.3) is 0 Å². The molecule has 0 radical (unpaired) electrons. The molecule has 0 saturated carbocycles. The zero-order chi connectivity index (χ0) is 21.7. The average molecular weight is 459 g/mol. The Bertz CT molecular complexity index is 889. The van der Waals surface area contributed by atoms with Gasteiger partial charge in [-0.05, 0) is 36.5 Å². The van der Waals surface area contributed by atoms with E-state index in [1.165, 1.54) is 12.1 Å². The smallest absolute Gasteiger partial charge is 0.356 e. The van der Waals surface area contributed by atoms with E-state index in [0.717, 1.165) is 55.6 Å². The summed E-state index contributed by atoms with van der Waals surface area (Å²) >= 11 is 7.26. The number of carbonyl (C=O) groups excluding carboxylic acids is 1. The lowest BCUT2D eigenvalue weighted by Gasteiger charge is -2.31. The summed E-state index contributed by atoms with van der Waals surface area (Å²) in [5, 5.41) is 3.32. The molecule has 1 saturated heterocycles. The monoisotopic (exact) mass is 458 g/mol. The molecule has 1 aliphatic rings. The van der Waals surface area contributed by atoms with Gasteiger partial charge in [0, 0.05) is 25.7 Å². The number of hydrogen-bond acceptors (Lipinski definition) is 5. The molecule has 1 fully saturated rings. The number of anilines is 1. The fourth-order valence-corrected chi connectivity index (χ4v) is 4.00. The Morgan fingerprint density at radius 2 is 2.00 bits per heavy atom. The van der Waals surface area contributed by atoms with Gasteiger partial charge in [-0.3, -0.25) is 4.79 Å².